The molecule has 0 aliphatic heterocycles. The number of hydrogen-bond acceptors (Lipinski definition) is 4. The van der Waals surface area contributed by atoms with Crippen LogP contribution in [0.5, 0.6) is 17.2 Å². The predicted molar refractivity (Wildman–Crippen MR) is 44.1 cm³/mol. The molecule has 6 heteroatoms. The maximum atomic E-state index is 10.4. The van der Waals surface area contributed by atoms with Crippen molar-refractivity contribution in [1.82, 2.24) is 0 Å². The van der Waals surface area contributed by atoms with E-state index in [0.29, 0.717) is 0 Å². The first-order chi connectivity index (χ1) is 5.52. The van der Waals surface area contributed by atoms with E-state index in [1.165, 1.54) is 0 Å². The summed E-state index contributed by atoms with van der Waals surface area (Å²) in [5, 5.41) is 35.1. The maximum absolute atomic E-state index is 10.4. The van der Waals surface area contributed by atoms with Crippen LogP contribution in [0.25, 0.3) is 0 Å². The summed E-state index contributed by atoms with van der Waals surface area (Å²) in [6, 6.07) is 1.67. The average molecular weight is 193 g/mol. The second kappa shape index (κ2) is 4.36. The molecule has 0 aliphatic carbocycles. The largest absolute Gasteiger partial charge is 0.508 e. The fraction of sp³-hybridized carbons (Fsp3) is 0. The van der Waals surface area contributed by atoms with Crippen LogP contribution < -0.4 is 0 Å². The fourth-order valence-corrected chi connectivity index (χ4v) is 0.816. The first-order valence-corrected chi connectivity index (χ1v) is 3.00. The summed E-state index contributed by atoms with van der Waals surface area (Å²) in [4.78, 5) is 10.4. The predicted octanol–water partition coefficient (Wildman–Crippen LogP) is 0.121. The molecule has 5 nitrogen and oxygen atoms in total. The Morgan fingerprint density at radius 2 is 1.46 bits per heavy atom. The number of benzene rings is 1. The Morgan fingerprint density at radius 3 is 1.77 bits per heavy atom. The van der Waals surface area contributed by atoms with Crippen LogP contribution in [-0.2, 0) is 0 Å². The molecule has 0 saturated heterocycles. The van der Waals surface area contributed by atoms with Crippen molar-refractivity contribution in [3.8, 4) is 17.2 Å². The Bertz CT molecular complexity index is 313. The third kappa shape index (κ3) is 2.51. The van der Waals surface area contributed by atoms with Gasteiger partial charge in [0.15, 0.2) is 0 Å². The number of aromatic hydroxyl groups is 3. The van der Waals surface area contributed by atoms with E-state index >= 15 is 0 Å². The Morgan fingerprint density at radius 1 is 1.08 bits per heavy atom. The zero-order valence-electron chi connectivity index (χ0n) is 6.85. The molecule has 1 rings (SSSR count). The van der Waals surface area contributed by atoms with Crippen LogP contribution in [0.1, 0.15) is 10.4 Å². The van der Waals surface area contributed by atoms with E-state index in [9.17, 15) is 4.79 Å². The number of carboxylic acid groups (broad SMARTS) is 1. The fourth-order valence-electron chi connectivity index (χ4n) is 0.816. The van der Waals surface area contributed by atoms with Gasteiger partial charge in [-0.3, -0.25) is 0 Å². The number of carbonyl (C=O) groups is 1. The number of phenolic OH excluding ortho intramolecular Hbond substituents is 1. The van der Waals surface area contributed by atoms with Crippen LogP contribution in [0.3, 0.4) is 0 Å². The summed E-state index contributed by atoms with van der Waals surface area (Å²) in [5.41, 5.74) is -0.618. The molecule has 0 atom stereocenters. The van der Waals surface area contributed by atoms with Gasteiger partial charge in [0.05, 0.1) is 0 Å². The monoisotopic (exact) mass is 193 g/mol. The molecule has 0 unspecified atom stereocenters. The standard InChI is InChI=1S/C7H6O5.Na/c8-3-1-4(9)6(7(11)12)5(10)2-3;/h1-2,8-10H,(H,11,12);. The minimum Gasteiger partial charge on any atom is -0.508 e. The molecular weight excluding hydrogens is 187 g/mol. The number of hydrogen-bond donors (Lipinski definition) is 4. The van der Waals surface area contributed by atoms with Gasteiger partial charge in [0, 0.05) is 41.7 Å². The van der Waals surface area contributed by atoms with Crippen LogP contribution in [-0.4, -0.2) is 56.0 Å². The van der Waals surface area contributed by atoms with Crippen molar-refractivity contribution in [1.29, 1.82) is 0 Å². The molecule has 0 heterocycles. The SMILES string of the molecule is O=C(O)c1c(O)cc(O)cc1O.[Na]. The van der Waals surface area contributed by atoms with Crippen molar-refractivity contribution < 1.29 is 25.2 Å². The number of phenols is 3. The molecule has 1 radical (unpaired) electrons. The van der Waals surface area contributed by atoms with E-state index in [0.717, 1.165) is 12.1 Å². The summed E-state index contributed by atoms with van der Waals surface area (Å²) in [5.74, 6) is -3.18. The van der Waals surface area contributed by atoms with Crippen molar-refractivity contribution in [2.24, 2.45) is 0 Å². The van der Waals surface area contributed by atoms with Gasteiger partial charge in [-0.15, -0.1) is 0 Å². The van der Waals surface area contributed by atoms with Crippen LogP contribution in [0.4, 0.5) is 0 Å². The molecule has 13 heavy (non-hydrogen) atoms. The van der Waals surface area contributed by atoms with Crippen LogP contribution in [0.2, 0.25) is 0 Å². The van der Waals surface area contributed by atoms with Crippen molar-refractivity contribution >= 4 is 35.5 Å². The average Bonchev–Trinajstić information content (AvgIpc) is 1.82. The molecule has 0 saturated carbocycles. The van der Waals surface area contributed by atoms with Gasteiger partial charge in [-0.1, -0.05) is 0 Å². The molecule has 0 bridgehead atoms. The smallest absolute Gasteiger partial charge is 0.343 e. The van der Waals surface area contributed by atoms with Gasteiger partial charge in [0.25, 0.3) is 0 Å². The number of rotatable bonds is 1. The minimum atomic E-state index is -1.45. The molecule has 1 aromatic rings. The van der Waals surface area contributed by atoms with E-state index < -0.39 is 28.8 Å². The zero-order chi connectivity index (χ0) is 9.30. The van der Waals surface area contributed by atoms with Gasteiger partial charge in [-0.05, 0) is 0 Å². The van der Waals surface area contributed by atoms with Crippen LogP contribution in [0, 0.1) is 0 Å². The molecule has 0 aromatic heterocycles. The van der Waals surface area contributed by atoms with Gasteiger partial charge in [0.2, 0.25) is 0 Å². The molecule has 1 aromatic carbocycles. The summed E-state index contributed by atoms with van der Waals surface area (Å²) in [6.45, 7) is 0. The first-order valence-electron chi connectivity index (χ1n) is 3.00. The third-order valence-electron chi connectivity index (χ3n) is 1.30. The third-order valence-corrected chi connectivity index (χ3v) is 1.30. The molecule has 4 N–H and O–H groups in total. The van der Waals surface area contributed by atoms with Gasteiger partial charge in [-0.2, -0.15) is 0 Å². The summed E-state index contributed by atoms with van der Waals surface area (Å²) < 4.78 is 0. The van der Waals surface area contributed by atoms with Gasteiger partial charge < -0.3 is 20.4 Å². The first kappa shape index (κ1) is 12.1. The molecule has 0 amide bonds. The molecule has 0 aliphatic rings. The maximum Gasteiger partial charge on any atom is 0.343 e. The van der Waals surface area contributed by atoms with Gasteiger partial charge in [-0.25, -0.2) is 4.79 Å². The van der Waals surface area contributed by atoms with Crippen molar-refractivity contribution in [2.75, 3.05) is 0 Å². The Labute approximate surface area is 95.5 Å². The van der Waals surface area contributed by atoms with Crippen molar-refractivity contribution in [3.63, 3.8) is 0 Å². The van der Waals surface area contributed by atoms with Crippen molar-refractivity contribution in [2.45, 2.75) is 0 Å². The second-order valence-corrected chi connectivity index (χ2v) is 2.16. The Kier molecular flexibility index (Phi) is 4.06. The van der Waals surface area contributed by atoms with E-state index in [-0.39, 0.29) is 29.6 Å². The minimum absolute atomic E-state index is 0. The zero-order valence-corrected chi connectivity index (χ0v) is 8.85. The molecule has 65 valence electrons. The molecule has 0 spiro atoms. The molecular formula is C7H6NaO5. The van der Waals surface area contributed by atoms with Crippen LogP contribution in [0.15, 0.2) is 12.1 Å². The quantitative estimate of drug-likeness (QED) is 0.475. The number of aromatic carboxylic acids is 1. The Balaban J connectivity index is 0.00000144. The molecule has 0 fully saturated rings. The van der Waals surface area contributed by atoms with Crippen LogP contribution >= 0.6 is 0 Å². The summed E-state index contributed by atoms with van der Waals surface area (Å²) in [7, 11) is 0. The number of carboxylic acids is 1. The summed E-state index contributed by atoms with van der Waals surface area (Å²) >= 11 is 0. The van der Waals surface area contributed by atoms with Gasteiger partial charge in [0.1, 0.15) is 22.8 Å². The second-order valence-electron chi connectivity index (χ2n) is 2.16. The van der Waals surface area contributed by atoms with Crippen molar-refractivity contribution in [3.05, 3.63) is 17.7 Å². The van der Waals surface area contributed by atoms with E-state index in [1.807, 2.05) is 0 Å². The Hall–Kier alpha value is -0.910. The van der Waals surface area contributed by atoms with E-state index in [2.05, 4.69) is 0 Å². The topological polar surface area (TPSA) is 98.0 Å². The normalized spacial score (nSPS) is 8.92. The summed E-state index contributed by atoms with van der Waals surface area (Å²) in [6.07, 6.45) is 0. The van der Waals surface area contributed by atoms with Gasteiger partial charge >= 0.3 is 5.97 Å². The van der Waals surface area contributed by atoms with E-state index in [1.54, 1.807) is 0 Å². The van der Waals surface area contributed by atoms with E-state index in [4.69, 9.17) is 20.4 Å².